The summed E-state index contributed by atoms with van der Waals surface area (Å²) in [5.41, 5.74) is 7.83. The Kier molecular flexibility index (Phi) is 4.42. The molecule has 116 valence electrons. The zero-order chi connectivity index (χ0) is 15.6. The zero-order valence-corrected chi connectivity index (χ0v) is 13.8. The van der Waals surface area contributed by atoms with Crippen molar-refractivity contribution in [2.45, 2.75) is 39.8 Å². The van der Waals surface area contributed by atoms with Crippen LogP contribution >= 0.6 is 0 Å². The van der Waals surface area contributed by atoms with Crippen LogP contribution in [-0.4, -0.2) is 46.3 Å². The molecule has 0 aliphatic carbocycles. The molecule has 21 heavy (non-hydrogen) atoms. The lowest BCUT2D eigenvalue weighted by Gasteiger charge is -2.42. The van der Waals surface area contributed by atoms with Crippen LogP contribution in [-0.2, 0) is 0 Å². The molecule has 0 aliphatic rings. The highest BCUT2D eigenvalue weighted by Crippen LogP contribution is 2.23. The van der Waals surface area contributed by atoms with Gasteiger partial charge in [-0.25, -0.2) is 4.52 Å². The highest BCUT2D eigenvalue weighted by atomic mass is 15.4. The highest BCUT2D eigenvalue weighted by Gasteiger charge is 2.29. The van der Waals surface area contributed by atoms with Crippen LogP contribution in [0.4, 0.5) is 11.5 Å². The molecule has 5 heteroatoms. The van der Waals surface area contributed by atoms with Gasteiger partial charge in [0.25, 0.3) is 0 Å². The first-order valence-corrected chi connectivity index (χ1v) is 7.68. The molecule has 5 nitrogen and oxygen atoms in total. The van der Waals surface area contributed by atoms with E-state index >= 15 is 0 Å². The predicted molar refractivity (Wildman–Crippen MR) is 89.4 cm³/mol. The van der Waals surface area contributed by atoms with Crippen molar-refractivity contribution < 1.29 is 4.48 Å². The van der Waals surface area contributed by atoms with Gasteiger partial charge in [0.15, 0.2) is 5.82 Å². The van der Waals surface area contributed by atoms with Gasteiger partial charge in [-0.3, -0.25) is 0 Å². The van der Waals surface area contributed by atoms with Crippen molar-refractivity contribution in [2.75, 3.05) is 31.2 Å². The van der Waals surface area contributed by atoms with E-state index in [1.807, 2.05) is 28.9 Å². The van der Waals surface area contributed by atoms with Gasteiger partial charge in [-0.05, 0) is 39.8 Å². The van der Waals surface area contributed by atoms with Gasteiger partial charge in [0.2, 0.25) is 0 Å². The average Bonchev–Trinajstić information content (AvgIpc) is 2.75. The summed E-state index contributed by atoms with van der Waals surface area (Å²) in [5, 5.41) is 7.89. The van der Waals surface area contributed by atoms with Crippen LogP contribution in [0.25, 0.3) is 5.52 Å². The molecule has 0 spiro atoms. The molecular formula is C16H28N5+. The molecule has 3 N–H and O–H groups in total. The fourth-order valence-corrected chi connectivity index (χ4v) is 2.68. The molecule has 2 heterocycles. The maximum absolute atomic E-state index is 6.16. The van der Waals surface area contributed by atoms with Crippen molar-refractivity contribution in [2.24, 2.45) is 0 Å². The molecule has 0 radical (unpaired) electrons. The Morgan fingerprint density at radius 2 is 1.90 bits per heavy atom. The van der Waals surface area contributed by atoms with Crippen molar-refractivity contribution in [1.82, 2.24) is 9.61 Å². The topological polar surface area (TPSA) is 55.4 Å². The van der Waals surface area contributed by atoms with E-state index in [1.165, 1.54) is 0 Å². The number of nitrogen functional groups attached to an aromatic ring is 1. The first kappa shape index (κ1) is 15.6. The smallest absolute Gasteiger partial charge is 0.172 e. The van der Waals surface area contributed by atoms with Gasteiger partial charge in [0.1, 0.15) is 5.69 Å². The van der Waals surface area contributed by atoms with Crippen molar-refractivity contribution in [3.63, 3.8) is 0 Å². The van der Waals surface area contributed by atoms with E-state index in [1.54, 1.807) is 0 Å². The lowest BCUT2D eigenvalue weighted by Crippen LogP contribution is -2.56. The summed E-state index contributed by atoms with van der Waals surface area (Å²) in [6, 6.07) is 7.09. The molecule has 0 atom stereocenters. The molecule has 2 aromatic heterocycles. The van der Waals surface area contributed by atoms with Gasteiger partial charge < -0.3 is 15.5 Å². The second kappa shape index (κ2) is 5.93. The third kappa shape index (κ3) is 2.97. The summed E-state index contributed by atoms with van der Waals surface area (Å²) in [4.78, 5) is 0. The monoisotopic (exact) mass is 290 g/mol. The number of quaternary nitrogens is 1. The third-order valence-corrected chi connectivity index (χ3v) is 4.82. The molecule has 0 aliphatic heterocycles. The molecule has 0 saturated heterocycles. The summed E-state index contributed by atoms with van der Waals surface area (Å²) in [5.74, 6) is 0.778. The van der Waals surface area contributed by atoms with Crippen LogP contribution in [0.5, 0.6) is 0 Å². The van der Waals surface area contributed by atoms with Gasteiger partial charge in [-0.15, -0.1) is 5.10 Å². The minimum Gasteiger partial charge on any atom is -0.394 e. The maximum atomic E-state index is 6.16. The SMILES string of the molecule is CC(C)[N+](C)(CCNc1nn2ccccc2c1N)C(C)C. The Labute approximate surface area is 127 Å². The minimum atomic E-state index is 0.588. The summed E-state index contributed by atoms with van der Waals surface area (Å²) in [6.45, 7) is 11.0. The van der Waals surface area contributed by atoms with Crippen LogP contribution < -0.4 is 11.1 Å². The van der Waals surface area contributed by atoms with E-state index in [9.17, 15) is 0 Å². The summed E-state index contributed by atoms with van der Waals surface area (Å²) in [7, 11) is 2.31. The molecule has 0 saturated carbocycles. The molecule has 0 amide bonds. The maximum Gasteiger partial charge on any atom is 0.172 e. The lowest BCUT2D eigenvalue weighted by molar-refractivity contribution is -0.947. The second-order valence-corrected chi connectivity index (χ2v) is 6.48. The third-order valence-electron chi connectivity index (χ3n) is 4.82. The van der Waals surface area contributed by atoms with E-state index in [0.29, 0.717) is 12.1 Å². The Hall–Kier alpha value is -1.75. The van der Waals surface area contributed by atoms with Crippen LogP contribution in [0.1, 0.15) is 27.7 Å². The zero-order valence-electron chi connectivity index (χ0n) is 13.8. The molecule has 2 rings (SSSR count). The summed E-state index contributed by atoms with van der Waals surface area (Å²) in [6.07, 6.45) is 1.92. The second-order valence-electron chi connectivity index (χ2n) is 6.48. The number of pyridine rings is 1. The number of aromatic nitrogens is 2. The molecule has 0 aromatic carbocycles. The van der Waals surface area contributed by atoms with Gasteiger partial charge in [0.05, 0.1) is 37.7 Å². The first-order valence-electron chi connectivity index (χ1n) is 7.68. The summed E-state index contributed by atoms with van der Waals surface area (Å²) >= 11 is 0. The first-order chi connectivity index (χ1) is 9.86. The van der Waals surface area contributed by atoms with Crippen molar-refractivity contribution in [1.29, 1.82) is 0 Å². The number of anilines is 2. The number of nitrogens with two attached hydrogens (primary N) is 1. The number of hydrogen-bond donors (Lipinski definition) is 2. The van der Waals surface area contributed by atoms with Crippen LogP contribution in [0.15, 0.2) is 24.4 Å². The quantitative estimate of drug-likeness (QED) is 0.804. The van der Waals surface area contributed by atoms with Crippen molar-refractivity contribution in [3.05, 3.63) is 24.4 Å². The Morgan fingerprint density at radius 1 is 1.24 bits per heavy atom. The number of fused-ring (bicyclic) bond motifs is 1. The predicted octanol–water partition coefficient (Wildman–Crippen LogP) is 2.59. The summed E-state index contributed by atoms with van der Waals surface area (Å²) < 4.78 is 2.84. The molecule has 0 unspecified atom stereocenters. The van der Waals surface area contributed by atoms with Gasteiger partial charge in [-0.2, -0.15) is 0 Å². The number of hydrogen-bond acceptors (Lipinski definition) is 3. The largest absolute Gasteiger partial charge is 0.394 e. The normalized spacial score (nSPS) is 12.5. The van der Waals surface area contributed by atoms with Crippen molar-refractivity contribution >= 4 is 17.0 Å². The van der Waals surface area contributed by atoms with Crippen molar-refractivity contribution in [3.8, 4) is 0 Å². The Bertz CT molecular complexity index is 592. The van der Waals surface area contributed by atoms with E-state index < -0.39 is 0 Å². The average molecular weight is 290 g/mol. The number of likely N-dealkylation sites (N-methyl/N-ethyl adjacent to an activating group) is 1. The minimum absolute atomic E-state index is 0.588. The number of nitrogens with one attached hydrogen (secondary N) is 1. The van der Waals surface area contributed by atoms with Crippen LogP contribution in [0.3, 0.4) is 0 Å². The van der Waals surface area contributed by atoms with E-state index in [2.05, 4.69) is 45.2 Å². The lowest BCUT2D eigenvalue weighted by atomic mass is 10.1. The standard InChI is InChI=1S/C16H28N5/c1-12(2)21(5,13(3)4)11-9-18-16-15(17)14-8-6-7-10-20(14)19-16/h6-8,10,12-13H,9,11,17H2,1-5H3,(H,18,19)/q+1. The van der Waals surface area contributed by atoms with E-state index in [4.69, 9.17) is 5.73 Å². The fourth-order valence-electron chi connectivity index (χ4n) is 2.68. The van der Waals surface area contributed by atoms with E-state index in [0.717, 1.165) is 34.6 Å². The van der Waals surface area contributed by atoms with Gasteiger partial charge in [0, 0.05) is 6.20 Å². The Balaban J connectivity index is 2.07. The fraction of sp³-hybridized carbons (Fsp3) is 0.562. The molecule has 0 bridgehead atoms. The molecule has 2 aromatic rings. The van der Waals surface area contributed by atoms with Crippen LogP contribution in [0, 0.1) is 0 Å². The Morgan fingerprint density at radius 3 is 2.48 bits per heavy atom. The van der Waals surface area contributed by atoms with Gasteiger partial charge in [-0.1, -0.05) is 6.07 Å². The molecular weight excluding hydrogens is 262 g/mol. The number of nitrogens with zero attached hydrogens (tertiary/aromatic N) is 3. The van der Waals surface area contributed by atoms with Crippen LogP contribution in [0.2, 0.25) is 0 Å². The molecule has 0 fully saturated rings. The highest BCUT2D eigenvalue weighted by molar-refractivity contribution is 5.80. The number of rotatable bonds is 6. The van der Waals surface area contributed by atoms with E-state index in [-0.39, 0.29) is 0 Å². The van der Waals surface area contributed by atoms with Gasteiger partial charge >= 0.3 is 0 Å².